The van der Waals surface area contributed by atoms with Crippen molar-refractivity contribution < 1.29 is 0 Å². The first kappa shape index (κ1) is 15.5. The molecular weight excluding hydrogens is 246 g/mol. The lowest BCUT2D eigenvalue weighted by Crippen LogP contribution is -2.34. The Morgan fingerprint density at radius 2 is 2.00 bits per heavy atom. The number of aryl methyl sites for hydroxylation is 2. The lowest BCUT2D eigenvalue weighted by atomic mass is 9.97. The molecular formula is C14H26ClN3. The lowest BCUT2D eigenvalue weighted by molar-refractivity contribution is 0.392. The van der Waals surface area contributed by atoms with Crippen molar-refractivity contribution in [3.05, 3.63) is 16.4 Å². The monoisotopic (exact) mass is 271 g/mol. The third-order valence-electron chi connectivity index (χ3n) is 3.59. The minimum absolute atomic E-state index is 0.501. The van der Waals surface area contributed by atoms with E-state index >= 15 is 0 Å². The van der Waals surface area contributed by atoms with Crippen LogP contribution in [0.4, 0.5) is 0 Å². The number of aromatic nitrogens is 2. The van der Waals surface area contributed by atoms with Crippen molar-refractivity contribution in [3.8, 4) is 0 Å². The molecule has 0 aliphatic carbocycles. The summed E-state index contributed by atoms with van der Waals surface area (Å²) in [4.78, 5) is 0. The third kappa shape index (κ3) is 3.72. The summed E-state index contributed by atoms with van der Waals surface area (Å²) in [6.07, 6.45) is 3.04. The summed E-state index contributed by atoms with van der Waals surface area (Å²) >= 11 is 6.38. The van der Waals surface area contributed by atoms with Crippen LogP contribution in [-0.4, -0.2) is 22.4 Å². The van der Waals surface area contributed by atoms with Crippen LogP contribution in [0.15, 0.2) is 0 Å². The molecule has 104 valence electrons. The number of nitrogens with one attached hydrogen (secondary N) is 1. The fraction of sp³-hybridized carbons (Fsp3) is 0.786. The molecule has 3 nitrogen and oxygen atoms in total. The zero-order valence-corrected chi connectivity index (χ0v) is 13.0. The van der Waals surface area contributed by atoms with Gasteiger partial charge >= 0.3 is 0 Å². The molecule has 1 rings (SSSR count). The molecule has 1 heterocycles. The van der Waals surface area contributed by atoms with E-state index in [2.05, 4.69) is 38.1 Å². The summed E-state index contributed by atoms with van der Waals surface area (Å²) in [6.45, 7) is 9.86. The van der Waals surface area contributed by atoms with Crippen LogP contribution in [0.25, 0.3) is 0 Å². The molecule has 18 heavy (non-hydrogen) atoms. The van der Waals surface area contributed by atoms with Gasteiger partial charge in [0.1, 0.15) is 0 Å². The number of nitrogens with zero attached hydrogens (tertiary/aromatic N) is 2. The van der Waals surface area contributed by atoms with Gasteiger partial charge in [0.2, 0.25) is 0 Å². The third-order valence-corrected chi connectivity index (χ3v) is 4.02. The van der Waals surface area contributed by atoms with Crippen molar-refractivity contribution >= 4 is 11.6 Å². The van der Waals surface area contributed by atoms with Crippen molar-refractivity contribution in [2.24, 2.45) is 13.0 Å². The molecule has 1 aromatic heterocycles. The molecule has 0 amide bonds. The predicted molar refractivity (Wildman–Crippen MR) is 78.2 cm³/mol. The van der Waals surface area contributed by atoms with Gasteiger partial charge in [-0.3, -0.25) is 4.68 Å². The first-order chi connectivity index (χ1) is 8.51. The van der Waals surface area contributed by atoms with Crippen molar-refractivity contribution in [2.45, 2.75) is 53.0 Å². The van der Waals surface area contributed by atoms with Crippen LogP contribution in [-0.2, 0) is 19.9 Å². The second kappa shape index (κ2) is 7.15. The molecule has 2 unspecified atom stereocenters. The van der Waals surface area contributed by atoms with Crippen LogP contribution in [0.5, 0.6) is 0 Å². The van der Waals surface area contributed by atoms with E-state index in [0.29, 0.717) is 12.0 Å². The normalized spacial score (nSPS) is 14.8. The van der Waals surface area contributed by atoms with Gasteiger partial charge in [0.15, 0.2) is 0 Å². The van der Waals surface area contributed by atoms with Crippen LogP contribution in [0, 0.1) is 5.92 Å². The van der Waals surface area contributed by atoms with E-state index in [9.17, 15) is 0 Å². The molecule has 0 radical (unpaired) electrons. The minimum Gasteiger partial charge on any atom is -0.314 e. The summed E-state index contributed by atoms with van der Waals surface area (Å²) in [6, 6.07) is 0.501. The van der Waals surface area contributed by atoms with Crippen LogP contribution in [0.3, 0.4) is 0 Å². The molecule has 1 N–H and O–H groups in total. The van der Waals surface area contributed by atoms with Gasteiger partial charge in [-0.1, -0.05) is 32.4 Å². The Hall–Kier alpha value is -0.540. The van der Waals surface area contributed by atoms with Crippen molar-refractivity contribution in [1.82, 2.24) is 15.1 Å². The van der Waals surface area contributed by atoms with Crippen LogP contribution in [0.1, 0.15) is 45.5 Å². The lowest BCUT2D eigenvalue weighted by Gasteiger charge is -2.21. The highest BCUT2D eigenvalue weighted by molar-refractivity contribution is 6.31. The van der Waals surface area contributed by atoms with Gasteiger partial charge in [0.25, 0.3) is 0 Å². The number of hydrogen-bond donors (Lipinski definition) is 1. The average molecular weight is 272 g/mol. The number of halogens is 1. The van der Waals surface area contributed by atoms with Gasteiger partial charge < -0.3 is 5.32 Å². The quantitative estimate of drug-likeness (QED) is 0.825. The SMILES string of the molecule is CCCNC(C)C(C)Cc1c(Cl)c(CC)nn1C. The second-order valence-corrected chi connectivity index (χ2v) is 5.49. The van der Waals surface area contributed by atoms with Crippen LogP contribution >= 0.6 is 11.6 Å². The van der Waals surface area contributed by atoms with Gasteiger partial charge in [-0.15, -0.1) is 0 Å². The fourth-order valence-electron chi connectivity index (χ4n) is 2.10. The van der Waals surface area contributed by atoms with Crippen molar-refractivity contribution in [2.75, 3.05) is 6.54 Å². The van der Waals surface area contributed by atoms with E-state index in [-0.39, 0.29) is 0 Å². The van der Waals surface area contributed by atoms with Gasteiger partial charge in [0, 0.05) is 13.1 Å². The topological polar surface area (TPSA) is 29.9 Å². The van der Waals surface area contributed by atoms with E-state index < -0.39 is 0 Å². The second-order valence-electron chi connectivity index (χ2n) is 5.11. The molecule has 0 saturated carbocycles. The predicted octanol–water partition coefficient (Wildman–Crippen LogP) is 3.20. The summed E-state index contributed by atoms with van der Waals surface area (Å²) in [5.41, 5.74) is 2.17. The van der Waals surface area contributed by atoms with Gasteiger partial charge in [-0.25, -0.2) is 0 Å². The summed E-state index contributed by atoms with van der Waals surface area (Å²) in [7, 11) is 1.98. The Balaban J connectivity index is 2.69. The van der Waals surface area contributed by atoms with E-state index in [0.717, 1.165) is 35.8 Å². The zero-order valence-electron chi connectivity index (χ0n) is 12.3. The average Bonchev–Trinajstić information content (AvgIpc) is 2.63. The van der Waals surface area contributed by atoms with Crippen molar-refractivity contribution in [3.63, 3.8) is 0 Å². The van der Waals surface area contributed by atoms with Crippen molar-refractivity contribution in [1.29, 1.82) is 0 Å². The largest absolute Gasteiger partial charge is 0.314 e. The maximum atomic E-state index is 6.38. The van der Waals surface area contributed by atoms with Gasteiger partial charge in [0.05, 0.1) is 16.4 Å². The number of rotatable bonds is 7. The summed E-state index contributed by atoms with van der Waals surface area (Å²) in [5, 5.41) is 8.86. The summed E-state index contributed by atoms with van der Waals surface area (Å²) < 4.78 is 1.93. The van der Waals surface area contributed by atoms with Crippen LogP contribution in [0.2, 0.25) is 5.02 Å². The summed E-state index contributed by atoms with van der Waals surface area (Å²) in [5.74, 6) is 0.550. The van der Waals surface area contributed by atoms with Crippen LogP contribution < -0.4 is 5.32 Å². The minimum atomic E-state index is 0.501. The van der Waals surface area contributed by atoms with Gasteiger partial charge in [-0.2, -0.15) is 5.10 Å². The Bertz CT molecular complexity index is 373. The molecule has 2 atom stereocenters. The highest BCUT2D eigenvalue weighted by Gasteiger charge is 2.18. The fourth-order valence-corrected chi connectivity index (χ4v) is 2.47. The highest BCUT2D eigenvalue weighted by Crippen LogP contribution is 2.24. The maximum absolute atomic E-state index is 6.38. The molecule has 4 heteroatoms. The first-order valence-electron chi connectivity index (χ1n) is 6.94. The standard InChI is InChI=1S/C14H26ClN3/c1-6-8-16-11(4)10(3)9-13-14(15)12(7-2)17-18(13)5/h10-11,16H,6-9H2,1-5H3. The van der Waals surface area contributed by atoms with E-state index in [4.69, 9.17) is 11.6 Å². The zero-order chi connectivity index (χ0) is 13.7. The Morgan fingerprint density at radius 3 is 2.50 bits per heavy atom. The highest BCUT2D eigenvalue weighted by atomic mass is 35.5. The molecule has 0 aliphatic rings. The van der Waals surface area contributed by atoms with Gasteiger partial charge in [-0.05, 0) is 38.6 Å². The molecule has 0 aliphatic heterocycles. The van der Waals surface area contributed by atoms with E-state index in [1.54, 1.807) is 0 Å². The smallest absolute Gasteiger partial charge is 0.0849 e. The number of hydrogen-bond acceptors (Lipinski definition) is 2. The molecule has 0 spiro atoms. The Morgan fingerprint density at radius 1 is 1.33 bits per heavy atom. The molecule has 0 saturated heterocycles. The Kier molecular flexibility index (Phi) is 6.16. The maximum Gasteiger partial charge on any atom is 0.0849 e. The first-order valence-corrected chi connectivity index (χ1v) is 7.32. The Labute approximate surface area is 116 Å². The molecule has 0 fully saturated rings. The molecule has 1 aromatic rings. The molecule has 0 bridgehead atoms. The van der Waals surface area contributed by atoms with E-state index in [1.807, 2.05) is 11.7 Å². The van der Waals surface area contributed by atoms with E-state index in [1.165, 1.54) is 6.42 Å². The molecule has 0 aromatic carbocycles.